The van der Waals surface area contributed by atoms with Crippen LogP contribution in [0.5, 0.6) is 0 Å². The number of halogens is 5. The lowest BCUT2D eigenvalue weighted by molar-refractivity contribution is -0.287. The third-order valence-corrected chi connectivity index (χ3v) is 2.83. The van der Waals surface area contributed by atoms with Gasteiger partial charge in [-0.1, -0.05) is 13.3 Å². The Balaban J connectivity index is 4.22. The molecule has 0 heterocycles. The van der Waals surface area contributed by atoms with Crippen LogP contribution < -0.4 is 0 Å². The number of rotatable bonds is 9. The highest BCUT2D eigenvalue weighted by Crippen LogP contribution is 2.38. The van der Waals surface area contributed by atoms with Gasteiger partial charge in [0, 0.05) is 11.8 Å². The Hall–Kier alpha value is -0.470. The van der Waals surface area contributed by atoms with Crippen molar-refractivity contribution < 1.29 is 36.9 Å². The summed E-state index contributed by atoms with van der Waals surface area (Å²) in [5, 5.41) is 18.3. The van der Waals surface area contributed by atoms with Gasteiger partial charge in [0.15, 0.2) is 0 Å². The quantitative estimate of drug-likeness (QED) is 0.507. The van der Waals surface area contributed by atoms with E-state index in [-0.39, 0.29) is 6.61 Å². The van der Waals surface area contributed by atoms with Crippen LogP contribution in [0.15, 0.2) is 0 Å². The van der Waals surface area contributed by atoms with E-state index >= 15 is 0 Å². The van der Waals surface area contributed by atoms with Crippen molar-refractivity contribution in [3.63, 3.8) is 0 Å². The van der Waals surface area contributed by atoms with Crippen molar-refractivity contribution in [1.29, 1.82) is 0 Å². The van der Waals surface area contributed by atoms with E-state index in [1.54, 1.807) is 6.92 Å². The fraction of sp³-hybridized carbons (Fsp3) is 1.00. The normalized spacial score (nSPS) is 13.9. The molecule has 0 spiro atoms. The molecule has 0 saturated heterocycles. The van der Waals surface area contributed by atoms with E-state index in [4.69, 9.17) is 14.9 Å². The van der Waals surface area contributed by atoms with Crippen molar-refractivity contribution in [2.75, 3.05) is 26.4 Å². The number of hydrogen-bond donors (Lipinski definition) is 2. The highest BCUT2D eigenvalue weighted by Gasteiger charge is 2.56. The van der Waals surface area contributed by atoms with Crippen molar-refractivity contribution in [2.24, 2.45) is 5.41 Å². The molecule has 0 unspecified atom stereocenters. The number of ether oxygens (including phenoxy) is 1. The first kappa shape index (κ1) is 18.5. The Bertz CT molecular complexity index is 251. The summed E-state index contributed by atoms with van der Waals surface area (Å²) >= 11 is 0. The smallest absolute Gasteiger partial charge is 0.396 e. The van der Waals surface area contributed by atoms with Gasteiger partial charge in [-0.05, 0) is 6.42 Å². The Morgan fingerprint density at radius 2 is 1.47 bits per heavy atom. The Morgan fingerprint density at radius 1 is 0.947 bits per heavy atom. The average Bonchev–Trinajstić information content (AvgIpc) is 2.32. The molecule has 19 heavy (non-hydrogen) atoms. The van der Waals surface area contributed by atoms with Gasteiger partial charge >= 0.3 is 12.1 Å². The molecule has 0 aliphatic rings. The summed E-state index contributed by atoms with van der Waals surface area (Å²) in [7, 11) is 0. The summed E-state index contributed by atoms with van der Waals surface area (Å²) in [5.74, 6) is -4.79. The molecule has 2 N–H and O–H groups in total. The predicted octanol–water partition coefficient (Wildman–Crippen LogP) is 2.36. The van der Waals surface area contributed by atoms with Gasteiger partial charge in [0.05, 0.1) is 26.4 Å². The average molecular weight is 294 g/mol. The van der Waals surface area contributed by atoms with E-state index in [0.29, 0.717) is 12.8 Å². The summed E-state index contributed by atoms with van der Waals surface area (Å²) in [4.78, 5) is 0. The summed E-state index contributed by atoms with van der Waals surface area (Å²) in [6.07, 6.45) is -6.07. The Morgan fingerprint density at radius 3 is 1.84 bits per heavy atom. The molecule has 116 valence electrons. The van der Waals surface area contributed by atoms with E-state index in [9.17, 15) is 22.0 Å². The van der Waals surface area contributed by atoms with Crippen LogP contribution in [-0.2, 0) is 4.74 Å². The largest absolute Gasteiger partial charge is 0.453 e. The maximum absolute atomic E-state index is 12.6. The molecular weight excluding hydrogens is 275 g/mol. The minimum Gasteiger partial charge on any atom is -0.396 e. The molecule has 0 aromatic heterocycles. The lowest BCUT2D eigenvalue weighted by Crippen LogP contribution is -2.39. The molecule has 3 nitrogen and oxygen atoms in total. The lowest BCUT2D eigenvalue weighted by Gasteiger charge is -2.29. The van der Waals surface area contributed by atoms with Crippen LogP contribution in [0.3, 0.4) is 0 Å². The standard InChI is InChI=1S/C11H19F5O3/c1-2-3-9(6-17,7-18)8-19-5-4-10(12,13)11(14,15)16/h17-18H,2-8H2,1H3. The van der Waals surface area contributed by atoms with Crippen molar-refractivity contribution in [3.05, 3.63) is 0 Å². The molecule has 0 aliphatic carbocycles. The highest BCUT2D eigenvalue weighted by atomic mass is 19.4. The molecule has 0 bridgehead atoms. The number of aliphatic hydroxyl groups excluding tert-OH is 2. The number of aliphatic hydroxyl groups is 2. The SMILES string of the molecule is CCCC(CO)(CO)COCCC(F)(F)C(F)(F)F. The molecule has 0 aromatic carbocycles. The third kappa shape index (κ3) is 5.58. The van der Waals surface area contributed by atoms with Gasteiger partial charge in [-0.3, -0.25) is 0 Å². The van der Waals surface area contributed by atoms with Crippen LogP contribution in [0.1, 0.15) is 26.2 Å². The number of hydrogen-bond acceptors (Lipinski definition) is 3. The van der Waals surface area contributed by atoms with E-state index in [1.807, 2.05) is 0 Å². The van der Waals surface area contributed by atoms with Crippen LogP contribution in [0, 0.1) is 5.41 Å². The lowest BCUT2D eigenvalue weighted by atomic mass is 9.86. The molecular formula is C11H19F5O3. The Kier molecular flexibility index (Phi) is 7.17. The molecule has 0 saturated carbocycles. The van der Waals surface area contributed by atoms with Crippen molar-refractivity contribution in [1.82, 2.24) is 0 Å². The molecule has 0 amide bonds. The maximum Gasteiger partial charge on any atom is 0.453 e. The summed E-state index contributed by atoms with van der Waals surface area (Å²) in [6, 6.07) is 0. The van der Waals surface area contributed by atoms with Crippen LogP contribution in [0.2, 0.25) is 0 Å². The zero-order valence-electron chi connectivity index (χ0n) is 10.6. The minimum absolute atomic E-state index is 0.262. The molecule has 0 atom stereocenters. The predicted molar refractivity (Wildman–Crippen MR) is 58.0 cm³/mol. The van der Waals surface area contributed by atoms with E-state index in [0.717, 1.165) is 0 Å². The minimum atomic E-state index is -5.59. The van der Waals surface area contributed by atoms with Crippen LogP contribution >= 0.6 is 0 Å². The van der Waals surface area contributed by atoms with Crippen molar-refractivity contribution in [2.45, 2.75) is 38.3 Å². The molecule has 8 heteroatoms. The van der Waals surface area contributed by atoms with E-state index in [2.05, 4.69) is 0 Å². The first-order valence-corrected chi connectivity index (χ1v) is 5.88. The maximum atomic E-state index is 12.6. The van der Waals surface area contributed by atoms with Crippen molar-refractivity contribution >= 4 is 0 Å². The molecule has 0 fully saturated rings. The summed E-state index contributed by atoms with van der Waals surface area (Å²) in [6.45, 7) is -0.113. The van der Waals surface area contributed by atoms with Crippen LogP contribution in [0.25, 0.3) is 0 Å². The third-order valence-electron chi connectivity index (χ3n) is 2.83. The zero-order valence-corrected chi connectivity index (χ0v) is 10.6. The van der Waals surface area contributed by atoms with Crippen LogP contribution in [0.4, 0.5) is 22.0 Å². The topological polar surface area (TPSA) is 49.7 Å². The van der Waals surface area contributed by atoms with Gasteiger partial charge in [-0.15, -0.1) is 0 Å². The van der Waals surface area contributed by atoms with Gasteiger partial charge in [-0.2, -0.15) is 22.0 Å². The highest BCUT2D eigenvalue weighted by molar-refractivity contribution is 4.78. The fourth-order valence-electron chi connectivity index (χ4n) is 1.53. The zero-order chi connectivity index (χ0) is 15.2. The molecule has 0 aromatic rings. The van der Waals surface area contributed by atoms with Crippen molar-refractivity contribution in [3.8, 4) is 0 Å². The molecule has 0 aliphatic heterocycles. The summed E-state index contributed by atoms with van der Waals surface area (Å²) < 4.78 is 65.5. The second kappa shape index (κ2) is 7.35. The second-order valence-corrected chi connectivity index (χ2v) is 4.57. The summed E-state index contributed by atoms with van der Waals surface area (Å²) in [5.41, 5.74) is -0.998. The van der Waals surface area contributed by atoms with Gasteiger partial charge in [0.1, 0.15) is 0 Å². The monoisotopic (exact) mass is 294 g/mol. The molecule has 0 rings (SSSR count). The fourth-order valence-corrected chi connectivity index (χ4v) is 1.53. The van der Waals surface area contributed by atoms with Gasteiger partial charge in [0.2, 0.25) is 0 Å². The first-order valence-electron chi connectivity index (χ1n) is 5.88. The molecule has 0 radical (unpaired) electrons. The van der Waals surface area contributed by atoms with Gasteiger partial charge in [-0.25, -0.2) is 0 Å². The van der Waals surface area contributed by atoms with Gasteiger partial charge in [0.25, 0.3) is 0 Å². The second-order valence-electron chi connectivity index (χ2n) is 4.57. The Labute approximate surface area is 108 Å². The number of alkyl halides is 5. The van der Waals surface area contributed by atoms with Crippen LogP contribution in [-0.4, -0.2) is 48.7 Å². The first-order chi connectivity index (χ1) is 8.64. The van der Waals surface area contributed by atoms with Gasteiger partial charge < -0.3 is 14.9 Å². The van der Waals surface area contributed by atoms with E-state index < -0.39 is 43.8 Å². The van der Waals surface area contributed by atoms with E-state index in [1.165, 1.54) is 0 Å².